The molecule has 0 amide bonds. The van der Waals surface area contributed by atoms with Crippen LogP contribution in [0.25, 0.3) is 0 Å². The van der Waals surface area contributed by atoms with Crippen LogP contribution in [-0.2, 0) is 16.6 Å². The SMILES string of the molecule is Cc1noc(CNS(=O)(=O)c2cc(Cl)c(Br)c(N)c2F)n1. The average Bonchev–Trinajstić information content (AvgIpc) is 2.84. The molecule has 7 nitrogen and oxygen atoms in total. The molecule has 1 aromatic carbocycles. The molecule has 1 aromatic heterocycles. The Morgan fingerprint density at radius 2 is 2.24 bits per heavy atom. The summed E-state index contributed by atoms with van der Waals surface area (Å²) in [4.78, 5) is 3.16. The van der Waals surface area contributed by atoms with Gasteiger partial charge in [0.1, 0.15) is 4.90 Å². The zero-order chi connectivity index (χ0) is 15.8. The van der Waals surface area contributed by atoms with Crippen molar-refractivity contribution in [3.63, 3.8) is 0 Å². The van der Waals surface area contributed by atoms with E-state index in [2.05, 4.69) is 30.8 Å². The molecule has 0 radical (unpaired) electrons. The quantitative estimate of drug-likeness (QED) is 0.601. The van der Waals surface area contributed by atoms with Crippen LogP contribution in [0.3, 0.4) is 0 Å². The van der Waals surface area contributed by atoms with Gasteiger partial charge in [0.15, 0.2) is 11.6 Å². The summed E-state index contributed by atoms with van der Waals surface area (Å²) in [5.74, 6) is -0.695. The number of hydrogen-bond donors (Lipinski definition) is 2. The second-order valence-electron chi connectivity index (χ2n) is 3.96. The van der Waals surface area contributed by atoms with Crippen LogP contribution in [-0.4, -0.2) is 18.6 Å². The zero-order valence-corrected chi connectivity index (χ0v) is 13.7. The smallest absolute Gasteiger partial charge is 0.244 e. The van der Waals surface area contributed by atoms with E-state index in [0.29, 0.717) is 5.82 Å². The number of nitrogen functional groups attached to an aromatic ring is 1. The fourth-order valence-electron chi connectivity index (χ4n) is 1.44. The molecule has 0 spiro atoms. The van der Waals surface area contributed by atoms with Gasteiger partial charge in [0.2, 0.25) is 15.9 Å². The van der Waals surface area contributed by atoms with Gasteiger partial charge in [-0.1, -0.05) is 16.8 Å². The minimum Gasteiger partial charge on any atom is -0.395 e. The Bertz CT molecular complexity index is 796. The molecule has 3 N–H and O–H groups in total. The van der Waals surface area contributed by atoms with Gasteiger partial charge >= 0.3 is 0 Å². The molecule has 0 saturated heterocycles. The molecule has 0 bridgehead atoms. The number of hydrogen-bond acceptors (Lipinski definition) is 6. The number of aromatic nitrogens is 2. The average molecular weight is 400 g/mol. The molecule has 0 atom stereocenters. The number of sulfonamides is 1. The first kappa shape index (κ1) is 16.1. The summed E-state index contributed by atoms with van der Waals surface area (Å²) in [6.45, 7) is 1.30. The van der Waals surface area contributed by atoms with Crippen molar-refractivity contribution in [1.29, 1.82) is 0 Å². The highest BCUT2D eigenvalue weighted by Crippen LogP contribution is 2.34. The first-order chi connectivity index (χ1) is 9.72. The third-order valence-corrected chi connectivity index (χ3v) is 5.21. The van der Waals surface area contributed by atoms with Gasteiger partial charge in [0.05, 0.1) is 21.7 Å². The maximum Gasteiger partial charge on any atom is 0.244 e. The molecular weight excluding hydrogens is 391 g/mol. The molecule has 2 rings (SSSR count). The predicted octanol–water partition coefficient (Wildman–Crippen LogP) is 1.99. The van der Waals surface area contributed by atoms with Gasteiger partial charge in [0.25, 0.3) is 0 Å². The van der Waals surface area contributed by atoms with Crippen LogP contribution in [0.1, 0.15) is 11.7 Å². The summed E-state index contributed by atoms with van der Waals surface area (Å²) in [7, 11) is -4.18. The zero-order valence-electron chi connectivity index (χ0n) is 10.5. The summed E-state index contributed by atoms with van der Waals surface area (Å²) in [5, 5.41) is 3.48. The Labute approximate surface area is 132 Å². The van der Waals surface area contributed by atoms with E-state index in [1.807, 2.05) is 0 Å². The van der Waals surface area contributed by atoms with E-state index in [9.17, 15) is 12.8 Å². The third-order valence-electron chi connectivity index (χ3n) is 2.43. The number of aryl methyl sites for hydroxylation is 1. The van der Waals surface area contributed by atoms with Crippen LogP contribution in [0.4, 0.5) is 10.1 Å². The van der Waals surface area contributed by atoms with Gasteiger partial charge in [-0.25, -0.2) is 17.5 Å². The van der Waals surface area contributed by atoms with E-state index in [1.165, 1.54) is 0 Å². The minimum absolute atomic E-state index is 0.0251. The normalized spacial score (nSPS) is 11.8. The number of anilines is 1. The van der Waals surface area contributed by atoms with E-state index in [4.69, 9.17) is 21.9 Å². The highest BCUT2D eigenvalue weighted by atomic mass is 79.9. The van der Waals surface area contributed by atoms with Crippen molar-refractivity contribution in [1.82, 2.24) is 14.9 Å². The van der Waals surface area contributed by atoms with Crippen molar-refractivity contribution < 1.29 is 17.3 Å². The second kappa shape index (κ2) is 5.87. The Kier molecular flexibility index (Phi) is 4.51. The molecule has 0 saturated carbocycles. The number of nitrogens with two attached hydrogens (primary N) is 1. The Morgan fingerprint density at radius 3 is 2.81 bits per heavy atom. The molecule has 0 aliphatic rings. The van der Waals surface area contributed by atoms with Crippen LogP contribution in [0, 0.1) is 12.7 Å². The van der Waals surface area contributed by atoms with Crippen LogP contribution in [0.15, 0.2) is 20.0 Å². The van der Waals surface area contributed by atoms with Gasteiger partial charge in [-0.3, -0.25) is 0 Å². The summed E-state index contributed by atoms with van der Waals surface area (Å²) in [6, 6.07) is 0.957. The lowest BCUT2D eigenvalue weighted by atomic mass is 10.3. The lowest BCUT2D eigenvalue weighted by Gasteiger charge is -2.10. The lowest BCUT2D eigenvalue weighted by molar-refractivity contribution is 0.372. The summed E-state index contributed by atoms with van der Waals surface area (Å²) in [6.07, 6.45) is 0. The van der Waals surface area contributed by atoms with Crippen molar-refractivity contribution in [2.45, 2.75) is 18.4 Å². The van der Waals surface area contributed by atoms with E-state index in [0.717, 1.165) is 6.07 Å². The van der Waals surface area contributed by atoms with Crippen LogP contribution >= 0.6 is 27.5 Å². The first-order valence-electron chi connectivity index (χ1n) is 5.44. The van der Waals surface area contributed by atoms with E-state index >= 15 is 0 Å². The molecule has 21 heavy (non-hydrogen) atoms. The highest BCUT2D eigenvalue weighted by molar-refractivity contribution is 9.10. The molecule has 0 aliphatic carbocycles. The molecule has 11 heteroatoms. The molecule has 114 valence electrons. The second-order valence-corrected chi connectivity index (χ2v) is 6.89. The molecular formula is C10H9BrClFN4O3S. The third kappa shape index (κ3) is 3.34. The van der Waals surface area contributed by atoms with Gasteiger partial charge in [-0.2, -0.15) is 4.98 Å². The fraction of sp³-hybridized carbons (Fsp3) is 0.200. The summed E-state index contributed by atoms with van der Waals surface area (Å²) >= 11 is 8.75. The summed E-state index contributed by atoms with van der Waals surface area (Å²) in [5.41, 5.74) is 5.06. The van der Waals surface area contributed by atoms with Crippen molar-refractivity contribution >= 4 is 43.2 Å². The molecule has 0 fully saturated rings. The first-order valence-corrected chi connectivity index (χ1v) is 8.09. The summed E-state index contributed by atoms with van der Waals surface area (Å²) < 4.78 is 45.1. The molecule has 0 unspecified atom stereocenters. The van der Waals surface area contributed by atoms with Gasteiger partial charge in [0, 0.05) is 0 Å². The van der Waals surface area contributed by atoms with Crippen molar-refractivity contribution in [2.75, 3.05) is 5.73 Å². The van der Waals surface area contributed by atoms with Gasteiger partial charge < -0.3 is 10.3 Å². The molecule has 2 aromatic rings. The molecule has 0 aliphatic heterocycles. The van der Waals surface area contributed by atoms with E-state index in [1.54, 1.807) is 6.92 Å². The number of nitrogens with zero attached hydrogens (tertiary/aromatic N) is 2. The van der Waals surface area contributed by atoms with Crippen LogP contribution in [0.2, 0.25) is 5.02 Å². The predicted molar refractivity (Wildman–Crippen MR) is 76.6 cm³/mol. The van der Waals surface area contributed by atoms with Gasteiger partial charge in [-0.05, 0) is 28.9 Å². The highest BCUT2D eigenvalue weighted by Gasteiger charge is 2.24. The fourth-order valence-corrected chi connectivity index (χ4v) is 3.09. The maximum atomic E-state index is 14.0. The number of halogens is 3. The maximum absolute atomic E-state index is 14.0. The minimum atomic E-state index is -4.18. The van der Waals surface area contributed by atoms with Crippen molar-refractivity contribution in [3.8, 4) is 0 Å². The Hall–Kier alpha value is -1.23. The number of benzene rings is 1. The van der Waals surface area contributed by atoms with E-state index < -0.39 is 26.4 Å². The van der Waals surface area contributed by atoms with Crippen molar-refractivity contribution in [2.24, 2.45) is 0 Å². The number of rotatable bonds is 4. The Balaban J connectivity index is 2.32. The van der Waals surface area contributed by atoms with Crippen LogP contribution < -0.4 is 10.5 Å². The largest absolute Gasteiger partial charge is 0.395 e. The lowest BCUT2D eigenvalue weighted by Crippen LogP contribution is -2.25. The topological polar surface area (TPSA) is 111 Å². The van der Waals surface area contributed by atoms with E-state index in [-0.39, 0.29) is 21.9 Å². The monoisotopic (exact) mass is 398 g/mol. The van der Waals surface area contributed by atoms with Gasteiger partial charge in [-0.15, -0.1) is 0 Å². The number of nitrogens with one attached hydrogen (secondary N) is 1. The van der Waals surface area contributed by atoms with Crippen LogP contribution in [0.5, 0.6) is 0 Å². The Morgan fingerprint density at radius 1 is 1.57 bits per heavy atom. The standard InChI is InChI=1S/C10H9BrClFN4O3S/c1-4-16-7(20-17-4)3-15-21(18,19)6-2-5(12)8(11)10(14)9(6)13/h2,15H,3,14H2,1H3. The van der Waals surface area contributed by atoms with Crippen molar-refractivity contribution in [3.05, 3.63) is 33.1 Å². The molecule has 1 heterocycles.